The average molecular weight is 260 g/mol. The van der Waals surface area contributed by atoms with Gasteiger partial charge in [0.2, 0.25) is 0 Å². The minimum atomic E-state index is -0.456. The third kappa shape index (κ3) is 4.42. The lowest BCUT2D eigenvalue weighted by atomic mass is 10.2. The molecule has 100 valence electrons. The molecular weight excluding hydrogens is 244 g/mol. The maximum atomic E-state index is 11.8. The van der Waals surface area contributed by atoms with E-state index in [1.807, 2.05) is 13.0 Å². The maximum Gasteiger partial charge on any atom is 0.274 e. The van der Waals surface area contributed by atoms with Crippen LogP contribution in [0.2, 0.25) is 0 Å². The second-order valence-electron chi connectivity index (χ2n) is 3.98. The number of nitrogens with zero attached hydrogens (tertiary/aromatic N) is 3. The summed E-state index contributed by atoms with van der Waals surface area (Å²) in [5, 5.41) is 9.93. The molecule has 0 fully saturated rings. The number of allylic oxidation sites excluding steroid dienone is 2. The molecule has 1 aliphatic rings. The Morgan fingerprint density at radius 3 is 2.58 bits per heavy atom. The summed E-state index contributed by atoms with van der Waals surface area (Å²) < 4.78 is 0. The standard InChI is InChI=1S/C13H16N4O2/c1-5-6-8(2)14-9(3)13(19)15-12-7-11(10(4)18)16-17-12/h5-6H,3,7H2,1-2,4H3,(H,15,17,19)/b6-5-,14-8?. The quantitative estimate of drug-likeness (QED) is 0.612. The normalized spacial score (nSPS) is 15.2. The Kier molecular flexibility index (Phi) is 5.05. The smallest absolute Gasteiger partial charge is 0.274 e. The van der Waals surface area contributed by atoms with Crippen molar-refractivity contribution in [2.75, 3.05) is 0 Å². The predicted octanol–water partition coefficient (Wildman–Crippen LogP) is 1.40. The van der Waals surface area contributed by atoms with Crippen LogP contribution in [0.25, 0.3) is 0 Å². The number of carbonyl (C=O) groups is 2. The summed E-state index contributed by atoms with van der Waals surface area (Å²) in [6, 6.07) is 0. The van der Waals surface area contributed by atoms with Gasteiger partial charge in [-0.15, -0.1) is 10.2 Å². The van der Waals surface area contributed by atoms with E-state index in [1.54, 1.807) is 13.0 Å². The van der Waals surface area contributed by atoms with Gasteiger partial charge in [-0.1, -0.05) is 12.7 Å². The fourth-order valence-corrected chi connectivity index (χ4v) is 1.36. The fraction of sp³-hybridized carbons (Fsp3) is 0.308. The molecule has 0 saturated heterocycles. The van der Waals surface area contributed by atoms with E-state index < -0.39 is 5.91 Å². The van der Waals surface area contributed by atoms with E-state index in [9.17, 15) is 9.59 Å². The number of ketones is 1. The molecule has 0 atom stereocenters. The Labute approximate surface area is 111 Å². The van der Waals surface area contributed by atoms with Gasteiger partial charge in [0.25, 0.3) is 5.91 Å². The van der Waals surface area contributed by atoms with Gasteiger partial charge in [0.1, 0.15) is 17.2 Å². The zero-order valence-corrected chi connectivity index (χ0v) is 11.2. The van der Waals surface area contributed by atoms with Crippen molar-refractivity contribution >= 4 is 28.9 Å². The first-order chi connectivity index (χ1) is 8.93. The van der Waals surface area contributed by atoms with Crippen molar-refractivity contribution < 1.29 is 9.59 Å². The first-order valence-corrected chi connectivity index (χ1v) is 5.76. The highest BCUT2D eigenvalue weighted by Gasteiger charge is 2.18. The van der Waals surface area contributed by atoms with Crippen LogP contribution in [0.1, 0.15) is 27.2 Å². The summed E-state index contributed by atoms with van der Waals surface area (Å²) in [5.41, 5.74) is 1.08. The second kappa shape index (κ2) is 6.53. The molecule has 1 heterocycles. The molecule has 19 heavy (non-hydrogen) atoms. The minimum Gasteiger partial charge on any atom is -0.307 e. The minimum absolute atomic E-state index is 0.0783. The lowest BCUT2D eigenvalue weighted by Crippen LogP contribution is -2.31. The van der Waals surface area contributed by atoms with Crippen LogP contribution < -0.4 is 5.32 Å². The molecule has 1 N–H and O–H groups in total. The lowest BCUT2D eigenvalue weighted by molar-refractivity contribution is -0.116. The van der Waals surface area contributed by atoms with E-state index >= 15 is 0 Å². The second-order valence-corrected chi connectivity index (χ2v) is 3.98. The molecule has 1 aliphatic heterocycles. The van der Waals surface area contributed by atoms with Crippen LogP contribution in [0.5, 0.6) is 0 Å². The van der Waals surface area contributed by atoms with Gasteiger partial charge in [0.15, 0.2) is 5.78 Å². The van der Waals surface area contributed by atoms with Gasteiger partial charge in [-0.25, -0.2) is 4.99 Å². The van der Waals surface area contributed by atoms with E-state index in [0.29, 0.717) is 17.3 Å². The summed E-state index contributed by atoms with van der Waals surface area (Å²) in [4.78, 5) is 26.8. The van der Waals surface area contributed by atoms with Gasteiger partial charge in [-0.05, 0) is 19.9 Å². The van der Waals surface area contributed by atoms with Crippen LogP contribution in [0.15, 0.2) is 39.6 Å². The third-order valence-corrected chi connectivity index (χ3v) is 2.27. The Balaban J connectivity index is 2.57. The SMILES string of the molecule is C=C(N=C(C)/C=C\C)C(=O)NC1=NN=C(C(C)=O)C1. The number of Topliss-reactive ketones (excluding diaryl/α,β-unsaturated/α-hetero) is 1. The number of nitrogens with one attached hydrogen (secondary N) is 1. The molecule has 0 unspecified atom stereocenters. The van der Waals surface area contributed by atoms with Crippen molar-refractivity contribution in [1.82, 2.24) is 5.32 Å². The van der Waals surface area contributed by atoms with Gasteiger partial charge in [0.05, 0.1) is 6.42 Å². The molecule has 0 aliphatic carbocycles. The highest BCUT2D eigenvalue weighted by Crippen LogP contribution is 2.03. The Hall–Kier alpha value is -2.37. The highest BCUT2D eigenvalue weighted by atomic mass is 16.2. The topological polar surface area (TPSA) is 83.2 Å². The zero-order valence-electron chi connectivity index (χ0n) is 11.2. The molecular formula is C13H16N4O2. The molecule has 6 nitrogen and oxygen atoms in total. The van der Waals surface area contributed by atoms with Crippen molar-refractivity contribution in [3.63, 3.8) is 0 Å². The monoisotopic (exact) mass is 260 g/mol. The largest absolute Gasteiger partial charge is 0.307 e. The summed E-state index contributed by atoms with van der Waals surface area (Å²) in [7, 11) is 0. The van der Waals surface area contributed by atoms with Crippen LogP contribution >= 0.6 is 0 Å². The van der Waals surface area contributed by atoms with Crippen molar-refractivity contribution in [3.05, 3.63) is 24.4 Å². The zero-order chi connectivity index (χ0) is 14.4. The van der Waals surface area contributed by atoms with Crippen molar-refractivity contribution in [3.8, 4) is 0 Å². The molecule has 6 heteroatoms. The van der Waals surface area contributed by atoms with Crippen molar-refractivity contribution in [1.29, 1.82) is 0 Å². The summed E-state index contributed by atoms with van der Waals surface area (Å²) >= 11 is 0. The lowest BCUT2D eigenvalue weighted by Gasteiger charge is -2.03. The third-order valence-electron chi connectivity index (χ3n) is 2.27. The summed E-state index contributed by atoms with van der Waals surface area (Å²) in [6.07, 6.45) is 3.81. The molecule has 0 aromatic carbocycles. The molecule has 1 amide bonds. The number of carbonyl (C=O) groups excluding carboxylic acids is 2. The first kappa shape index (κ1) is 14.7. The number of hydrogen-bond donors (Lipinski definition) is 1. The molecule has 0 aromatic rings. The average Bonchev–Trinajstić information content (AvgIpc) is 2.77. The summed E-state index contributed by atoms with van der Waals surface area (Å²) in [5.74, 6) is -0.286. The predicted molar refractivity (Wildman–Crippen MR) is 75.4 cm³/mol. The van der Waals surface area contributed by atoms with E-state index in [1.165, 1.54) is 6.92 Å². The number of amides is 1. The summed E-state index contributed by atoms with van der Waals surface area (Å²) in [6.45, 7) is 8.61. The number of hydrogen-bond acceptors (Lipinski definition) is 5. The van der Waals surface area contributed by atoms with Gasteiger partial charge in [0, 0.05) is 12.6 Å². The van der Waals surface area contributed by atoms with Crippen LogP contribution in [0.4, 0.5) is 0 Å². The highest BCUT2D eigenvalue weighted by molar-refractivity contribution is 6.43. The van der Waals surface area contributed by atoms with E-state index in [0.717, 1.165) is 0 Å². The molecule has 0 spiro atoms. The van der Waals surface area contributed by atoms with Gasteiger partial charge >= 0.3 is 0 Å². The Morgan fingerprint density at radius 1 is 1.37 bits per heavy atom. The van der Waals surface area contributed by atoms with Crippen molar-refractivity contribution in [2.45, 2.75) is 27.2 Å². The number of aliphatic imine (C=N–C) groups is 1. The molecule has 1 rings (SSSR count). The van der Waals surface area contributed by atoms with E-state index in [-0.39, 0.29) is 17.9 Å². The first-order valence-electron chi connectivity index (χ1n) is 5.76. The van der Waals surface area contributed by atoms with Crippen LogP contribution in [0.3, 0.4) is 0 Å². The van der Waals surface area contributed by atoms with Gasteiger partial charge < -0.3 is 5.32 Å². The number of rotatable bonds is 4. The molecule has 0 bridgehead atoms. The van der Waals surface area contributed by atoms with Gasteiger partial charge in [-0.2, -0.15) is 0 Å². The maximum absolute atomic E-state index is 11.8. The Morgan fingerprint density at radius 2 is 2.05 bits per heavy atom. The molecule has 0 aromatic heterocycles. The van der Waals surface area contributed by atoms with Crippen LogP contribution in [-0.4, -0.2) is 28.9 Å². The van der Waals surface area contributed by atoms with Crippen molar-refractivity contribution in [2.24, 2.45) is 15.2 Å². The Bertz CT molecular complexity index is 539. The van der Waals surface area contributed by atoms with E-state index in [2.05, 4.69) is 27.1 Å². The van der Waals surface area contributed by atoms with Crippen LogP contribution in [-0.2, 0) is 9.59 Å². The fourth-order valence-electron chi connectivity index (χ4n) is 1.36. The van der Waals surface area contributed by atoms with Gasteiger partial charge in [-0.3, -0.25) is 9.59 Å². The van der Waals surface area contributed by atoms with Crippen LogP contribution in [0, 0.1) is 0 Å². The number of amidine groups is 1. The molecule has 0 saturated carbocycles. The molecule has 0 radical (unpaired) electrons. The van der Waals surface area contributed by atoms with E-state index in [4.69, 9.17) is 0 Å².